The quantitative estimate of drug-likeness (QED) is 0.538. The van der Waals surface area contributed by atoms with Gasteiger partial charge >= 0.3 is 0 Å². The van der Waals surface area contributed by atoms with Crippen LogP contribution in [0.4, 0.5) is 10.1 Å². The molecule has 0 bridgehead atoms. The molecule has 0 aliphatic heterocycles. The van der Waals surface area contributed by atoms with Crippen LogP contribution < -0.4 is 4.90 Å². The summed E-state index contributed by atoms with van der Waals surface area (Å²) in [6, 6.07) is 4.92. The van der Waals surface area contributed by atoms with Crippen molar-refractivity contribution in [3.8, 4) is 0 Å². The largest absolute Gasteiger partial charge is 0.367 e. The lowest BCUT2D eigenvalue weighted by molar-refractivity contribution is 0.112. The summed E-state index contributed by atoms with van der Waals surface area (Å²) < 4.78 is 14.0. The number of anilines is 1. The van der Waals surface area contributed by atoms with Crippen LogP contribution in [0.2, 0.25) is 0 Å². The Morgan fingerprint density at radius 3 is 2.56 bits per heavy atom. The van der Waals surface area contributed by atoms with Gasteiger partial charge < -0.3 is 4.90 Å². The fraction of sp³-hybridized carbons (Fsp3) is 0.533. The Kier molecular flexibility index (Phi) is 5.83. The molecule has 0 unspecified atom stereocenters. The molecule has 100 valence electrons. The van der Waals surface area contributed by atoms with Crippen LogP contribution in [0.25, 0.3) is 0 Å². The number of hydrogen-bond acceptors (Lipinski definition) is 2. The lowest BCUT2D eigenvalue weighted by Crippen LogP contribution is -2.32. The Morgan fingerprint density at radius 1 is 1.33 bits per heavy atom. The summed E-state index contributed by atoms with van der Waals surface area (Å²) in [6.07, 6.45) is 4.03. The van der Waals surface area contributed by atoms with Crippen LogP contribution in [0.1, 0.15) is 50.4 Å². The Balaban J connectivity index is 2.88. The van der Waals surface area contributed by atoms with Crippen molar-refractivity contribution in [3.05, 3.63) is 29.6 Å². The topological polar surface area (TPSA) is 20.3 Å². The van der Waals surface area contributed by atoms with Crippen molar-refractivity contribution in [2.75, 3.05) is 11.4 Å². The Bertz CT molecular complexity index is 390. The Hall–Kier alpha value is -1.38. The van der Waals surface area contributed by atoms with Crippen molar-refractivity contribution in [2.24, 2.45) is 0 Å². The third-order valence-corrected chi connectivity index (χ3v) is 3.04. The van der Waals surface area contributed by atoms with Crippen molar-refractivity contribution < 1.29 is 9.18 Å². The number of unbranched alkanes of at least 4 members (excludes halogenated alkanes) is 2. The molecule has 0 aliphatic rings. The molecule has 0 aromatic heterocycles. The maximum Gasteiger partial charge on any atom is 0.150 e. The van der Waals surface area contributed by atoms with Crippen molar-refractivity contribution in [1.82, 2.24) is 0 Å². The summed E-state index contributed by atoms with van der Waals surface area (Å²) in [4.78, 5) is 12.7. The highest BCUT2D eigenvalue weighted by atomic mass is 19.1. The molecule has 0 saturated heterocycles. The van der Waals surface area contributed by atoms with Gasteiger partial charge in [-0.1, -0.05) is 19.8 Å². The van der Waals surface area contributed by atoms with Crippen LogP contribution >= 0.6 is 0 Å². The highest BCUT2D eigenvalue weighted by Gasteiger charge is 2.14. The lowest BCUT2D eigenvalue weighted by atomic mass is 10.1. The smallest absolute Gasteiger partial charge is 0.150 e. The van der Waals surface area contributed by atoms with Gasteiger partial charge in [0.1, 0.15) is 12.1 Å². The van der Waals surface area contributed by atoms with E-state index in [1.54, 1.807) is 12.1 Å². The molecule has 3 heteroatoms. The van der Waals surface area contributed by atoms with Crippen molar-refractivity contribution in [1.29, 1.82) is 0 Å². The van der Waals surface area contributed by atoms with Gasteiger partial charge in [0, 0.05) is 18.2 Å². The monoisotopic (exact) mass is 251 g/mol. The van der Waals surface area contributed by atoms with Crippen LogP contribution in [0.5, 0.6) is 0 Å². The second kappa shape index (κ2) is 7.14. The summed E-state index contributed by atoms with van der Waals surface area (Å²) in [5.74, 6) is -0.315. The molecule has 0 amide bonds. The van der Waals surface area contributed by atoms with Crippen molar-refractivity contribution in [2.45, 2.75) is 46.1 Å². The molecular formula is C15H22FNO. The van der Waals surface area contributed by atoms with Gasteiger partial charge in [-0.05, 0) is 38.5 Å². The molecule has 18 heavy (non-hydrogen) atoms. The fourth-order valence-corrected chi connectivity index (χ4v) is 2.02. The minimum absolute atomic E-state index is 0.249. The molecule has 0 spiro atoms. The lowest BCUT2D eigenvalue weighted by Gasteiger charge is -2.29. The average Bonchev–Trinajstić information content (AvgIpc) is 2.35. The van der Waals surface area contributed by atoms with E-state index in [4.69, 9.17) is 0 Å². The van der Waals surface area contributed by atoms with E-state index in [0.717, 1.165) is 25.8 Å². The van der Waals surface area contributed by atoms with E-state index in [-0.39, 0.29) is 11.9 Å². The van der Waals surface area contributed by atoms with Crippen molar-refractivity contribution >= 4 is 12.0 Å². The summed E-state index contributed by atoms with van der Waals surface area (Å²) >= 11 is 0. The molecule has 0 heterocycles. The first-order valence-electron chi connectivity index (χ1n) is 6.61. The van der Waals surface area contributed by atoms with Gasteiger partial charge in [0.25, 0.3) is 0 Å². The number of rotatable bonds is 7. The predicted molar refractivity (Wildman–Crippen MR) is 73.8 cm³/mol. The van der Waals surface area contributed by atoms with E-state index >= 15 is 0 Å². The second-order valence-corrected chi connectivity index (χ2v) is 4.82. The van der Waals surface area contributed by atoms with Crippen LogP contribution in [0.3, 0.4) is 0 Å². The van der Waals surface area contributed by atoms with Gasteiger partial charge in [-0.3, -0.25) is 4.79 Å². The number of carbonyl (C=O) groups excluding carboxylic acids is 1. The van der Waals surface area contributed by atoms with E-state index in [1.807, 2.05) is 0 Å². The third kappa shape index (κ3) is 3.83. The summed E-state index contributed by atoms with van der Waals surface area (Å²) in [7, 11) is 0. The number of carbonyl (C=O) groups is 1. The Morgan fingerprint density at radius 2 is 2.06 bits per heavy atom. The third-order valence-electron chi connectivity index (χ3n) is 3.04. The molecule has 0 atom stereocenters. The van der Waals surface area contributed by atoms with Gasteiger partial charge in [0.2, 0.25) is 0 Å². The molecule has 0 radical (unpaired) electrons. The minimum atomic E-state index is -0.315. The SMILES string of the molecule is CCCCCN(c1ccc(C=O)cc1F)C(C)C. The minimum Gasteiger partial charge on any atom is -0.367 e. The van der Waals surface area contributed by atoms with Crippen LogP contribution in [0, 0.1) is 5.82 Å². The van der Waals surface area contributed by atoms with Gasteiger partial charge in [-0.25, -0.2) is 4.39 Å². The zero-order valence-corrected chi connectivity index (χ0v) is 11.4. The summed E-state index contributed by atoms with van der Waals surface area (Å²) in [6.45, 7) is 7.11. The summed E-state index contributed by atoms with van der Waals surface area (Å²) in [5, 5.41) is 0. The van der Waals surface area contributed by atoms with E-state index in [1.165, 1.54) is 6.07 Å². The zero-order valence-electron chi connectivity index (χ0n) is 11.4. The molecule has 0 N–H and O–H groups in total. The fourth-order valence-electron chi connectivity index (χ4n) is 2.02. The molecule has 2 nitrogen and oxygen atoms in total. The first-order chi connectivity index (χ1) is 8.60. The highest BCUT2D eigenvalue weighted by molar-refractivity contribution is 5.76. The number of halogens is 1. The normalized spacial score (nSPS) is 10.7. The molecule has 0 aliphatic carbocycles. The van der Waals surface area contributed by atoms with Crippen LogP contribution in [-0.4, -0.2) is 18.9 Å². The zero-order chi connectivity index (χ0) is 13.5. The second-order valence-electron chi connectivity index (χ2n) is 4.82. The average molecular weight is 251 g/mol. The highest BCUT2D eigenvalue weighted by Crippen LogP contribution is 2.22. The van der Waals surface area contributed by atoms with Gasteiger partial charge in [-0.15, -0.1) is 0 Å². The molecule has 0 fully saturated rings. The maximum absolute atomic E-state index is 14.0. The van der Waals surface area contributed by atoms with Crippen molar-refractivity contribution in [3.63, 3.8) is 0 Å². The van der Waals surface area contributed by atoms with Gasteiger partial charge in [0.15, 0.2) is 0 Å². The number of hydrogen-bond donors (Lipinski definition) is 0. The maximum atomic E-state index is 14.0. The molecular weight excluding hydrogens is 229 g/mol. The molecule has 1 rings (SSSR count). The van der Waals surface area contributed by atoms with E-state index in [9.17, 15) is 9.18 Å². The van der Waals surface area contributed by atoms with Crippen LogP contribution in [-0.2, 0) is 0 Å². The van der Waals surface area contributed by atoms with E-state index in [0.29, 0.717) is 17.5 Å². The number of benzene rings is 1. The first-order valence-corrected chi connectivity index (χ1v) is 6.61. The predicted octanol–water partition coefficient (Wildman–Crippen LogP) is 4.04. The first kappa shape index (κ1) is 14.7. The standard InChI is InChI=1S/C15H22FNO/c1-4-5-6-9-17(12(2)3)15-8-7-13(11-18)10-14(15)16/h7-8,10-12H,4-6,9H2,1-3H3. The molecule has 0 saturated carbocycles. The number of aldehydes is 1. The van der Waals surface area contributed by atoms with E-state index in [2.05, 4.69) is 25.7 Å². The molecule has 1 aromatic carbocycles. The number of nitrogens with zero attached hydrogens (tertiary/aromatic N) is 1. The molecule has 1 aromatic rings. The summed E-state index contributed by atoms with van der Waals surface area (Å²) in [5.41, 5.74) is 0.972. The van der Waals surface area contributed by atoms with E-state index < -0.39 is 0 Å². The van der Waals surface area contributed by atoms with Gasteiger partial charge in [0.05, 0.1) is 5.69 Å². The van der Waals surface area contributed by atoms with Gasteiger partial charge in [-0.2, -0.15) is 0 Å². The van der Waals surface area contributed by atoms with Crippen LogP contribution in [0.15, 0.2) is 18.2 Å². The Labute approximate surface area is 109 Å².